The molecule has 2 unspecified atom stereocenters. The minimum absolute atomic E-state index is 0.0813. The van der Waals surface area contributed by atoms with Gasteiger partial charge in [-0.15, -0.1) is 16.8 Å². The standard InChI is InChI=1S/C18H17ClN4O4S/c1-3-8-23-15(24)13(10(2)20-17(23)26)9-14-21-22-18(27-14)28-16(25)11-4-6-12(19)7-5-11/h3-7,10,13H,1,8-9H2,2H3,(H,20,26). The Morgan fingerprint density at radius 1 is 1.36 bits per heavy atom. The predicted molar refractivity (Wildman–Crippen MR) is 103 cm³/mol. The first-order chi connectivity index (χ1) is 13.4. The predicted octanol–water partition coefficient (Wildman–Crippen LogP) is 2.94. The van der Waals surface area contributed by atoms with Crippen LogP contribution in [0.25, 0.3) is 0 Å². The first kappa shape index (κ1) is 20.1. The van der Waals surface area contributed by atoms with Gasteiger partial charge in [-0.3, -0.25) is 14.5 Å². The van der Waals surface area contributed by atoms with Crippen LogP contribution in [-0.4, -0.2) is 44.7 Å². The number of carbonyl (C=O) groups is 3. The minimum Gasteiger partial charge on any atom is -0.416 e. The average Bonchev–Trinajstić information content (AvgIpc) is 3.09. The van der Waals surface area contributed by atoms with Crippen molar-refractivity contribution in [2.45, 2.75) is 24.6 Å². The van der Waals surface area contributed by atoms with Crippen molar-refractivity contribution in [3.8, 4) is 0 Å². The third-order valence-electron chi connectivity index (χ3n) is 4.20. The molecule has 1 aliphatic heterocycles. The van der Waals surface area contributed by atoms with E-state index in [0.717, 1.165) is 16.7 Å². The summed E-state index contributed by atoms with van der Waals surface area (Å²) >= 11 is 6.61. The summed E-state index contributed by atoms with van der Waals surface area (Å²) in [6.07, 6.45) is 1.63. The zero-order chi connectivity index (χ0) is 20.3. The van der Waals surface area contributed by atoms with Gasteiger partial charge in [0.1, 0.15) is 0 Å². The van der Waals surface area contributed by atoms with Gasteiger partial charge in [-0.2, -0.15) is 0 Å². The quantitative estimate of drug-likeness (QED) is 0.565. The van der Waals surface area contributed by atoms with Crippen molar-refractivity contribution in [2.24, 2.45) is 5.92 Å². The molecule has 0 aliphatic carbocycles. The van der Waals surface area contributed by atoms with Crippen molar-refractivity contribution in [3.63, 3.8) is 0 Å². The molecule has 2 atom stereocenters. The third-order valence-corrected chi connectivity index (χ3v) is 5.21. The van der Waals surface area contributed by atoms with E-state index >= 15 is 0 Å². The van der Waals surface area contributed by atoms with E-state index in [1.165, 1.54) is 6.08 Å². The summed E-state index contributed by atoms with van der Waals surface area (Å²) in [5.74, 6) is -0.671. The lowest BCUT2D eigenvalue weighted by atomic mass is 9.93. The fraction of sp³-hybridized carbons (Fsp3) is 0.278. The highest BCUT2D eigenvalue weighted by molar-refractivity contribution is 8.14. The number of hydrogen-bond donors (Lipinski definition) is 1. The molecule has 3 rings (SSSR count). The Bertz CT molecular complexity index is 915. The van der Waals surface area contributed by atoms with E-state index in [9.17, 15) is 14.4 Å². The van der Waals surface area contributed by atoms with Crippen molar-refractivity contribution in [2.75, 3.05) is 6.54 Å². The van der Waals surface area contributed by atoms with E-state index in [2.05, 4.69) is 22.1 Å². The number of halogens is 1. The molecule has 0 radical (unpaired) electrons. The monoisotopic (exact) mass is 420 g/mol. The summed E-state index contributed by atoms with van der Waals surface area (Å²) in [4.78, 5) is 37.9. The van der Waals surface area contributed by atoms with Crippen LogP contribution in [0, 0.1) is 5.92 Å². The molecule has 0 spiro atoms. The Balaban J connectivity index is 1.67. The number of urea groups is 1. The SMILES string of the molecule is C=CCN1C(=O)NC(C)C(Cc2nnc(SC(=O)c3ccc(Cl)cc3)o2)C1=O. The molecule has 1 fully saturated rings. The Morgan fingerprint density at radius 2 is 2.07 bits per heavy atom. The molecule has 0 bridgehead atoms. The van der Waals surface area contributed by atoms with Gasteiger partial charge in [-0.05, 0) is 31.2 Å². The maximum absolute atomic E-state index is 12.6. The Labute approximate surface area is 170 Å². The lowest BCUT2D eigenvalue weighted by molar-refractivity contribution is -0.134. The van der Waals surface area contributed by atoms with E-state index in [-0.39, 0.29) is 41.1 Å². The highest BCUT2D eigenvalue weighted by Gasteiger charge is 2.39. The molecule has 1 saturated heterocycles. The Hall–Kier alpha value is -2.65. The summed E-state index contributed by atoms with van der Waals surface area (Å²) in [5, 5.41) is 10.9. The van der Waals surface area contributed by atoms with E-state index < -0.39 is 11.9 Å². The topological polar surface area (TPSA) is 105 Å². The van der Waals surface area contributed by atoms with Crippen LogP contribution in [0.5, 0.6) is 0 Å². The highest BCUT2D eigenvalue weighted by atomic mass is 35.5. The largest absolute Gasteiger partial charge is 0.416 e. The molecule has 1 N–H and O–H groups in total. The summed E-state index contributed by atoms with van der Waals surface area (Å²) < 4.78 is 5.51. The molecular weight excluding hydrogens is 404 g/mol. The van der Waals surface area contributed by atoms with Gasteiger partial charge in [0.05, 0.1) is 5.92 Å². The summed E-state index contributed by atoms with van der Waals surface area (Å²) in [6, 6.07) is 5.60. The van der Waals surface area contributed by atoms with Crippen molar-refractivity contribution in [1.82, 2.24) is 20.4 Å². The molecule has 2 aromatic rings. The van der Waals surface area contributed by atoms with E-state index in [1.807, 2.05) is 0 Å². The van der Waals surface area contributed by atoms with Crippen molar-refractivity contribution in [1.29, 1.82) is 0 Å². The lowest BCUT2D eigenvalue weighted by Crippen LogP contribution is -2.59. The lowest BCUT2D eigenvalue weighted by Gasteiger charge is -2.34. The van der Waals surface area contributed by atoms with Crippen LogP contribution in [0.2, 0.25) is 5.02 Å². The number of carbonyl (C=O) groups excluding carboxylic acids is 3. The van der Waals surface area contributed by atoms with Crippen molar-refractivity contribution < 1.29 is 18.8 Å². The molecule has 1 aromatic heterocycles. The number of nitrogens with zero attached hydrogens (tertiary/aromatic N) is 3. The van der Waals surface area contributed by atoms with Gasteiger partial charge in [-0.1, -0.05) is 17.7 Å². The maximum Gasteiger partial charge on any atom is 0.324 e. The minimum atomic E-state index is -0.553. The number of thioether (sulfide) groups is 1. The molecule has 10 heteroatoms. The van der Waals surface area contributed by atoms with E-state index in [0.29, 0.717) is 10.6 Å². The number of nitrogens with one attached hydrogen (secondary N) is 1. The molecule has 0 saturated carbocycles. The number of imide groups is 1. The Kier molecular flexibility index (Phi) is 6.15. The summed E-state index contributed by atoms with van der Waals surface area (Å²) in [6.45, 7) is 5.41. The van der Waals surface area contributed by atoms with Crippen LogP contribution in [0.4, 0.5) is 4.79 Å². The van der Waals surface area contributed by atoms with Crippen LogP contribution in [0.1, 0.15) is 23.2 Å². The van der Waals surface area contributed by atoms with Gasteiger partial charge < -0.3 is 9.73 Å². The molecule has 1 aliphatic rings. The molecule has 8 nitrogen and oxygen atoms in total. The second-order valence-electron chi connectivity index (χ2n) is 6.14. The van der Waals surface area contributed by atoms with Crippen LogP contribution in [0.3, 0.4) is 0 Å². The van der Waals surface area contributed by atoms with Gasteiger partial charge >= 0.3 is 6.03 Å². The number of hydrogen-bond acceptors (Lipinski definition) is 7. The first-order valence-corrected chi connectivity index (χ1v) is 9.61. The van der Waals surface area contributed by atoms with Crippen molar-refractivity contribution in [3.05, 3.63) is 53.4 Å². The second kappa shape index (κ2) is 8.57. The first-order valence-electron chi connectivity index (χ1n) is 8.42. The normalized spacial score (nSPS) is 19.4. The summed E-state index contributed by atoms with van der Waals surface area (Å²) in [7, 11) is 0. The van der Waals surface area contributed by atoms with E-state index in [1.54, 1.807) is 31.2 Å². The Morgan fingerprint density at radius 3 is 2.75 bits per heavy atom. The smallest absolute Gasteiger partial charge is 0.324 e. The molecule has 146 valence electrons. The number of amides is 3. The van der Waals surface area contributed by atoms with Gasteiger partial charge in [0.25, 0.3) is 5.22 Å². The van der Waals surface area contributed by atoms with Gasteiger partial charge in [0.15, 0.2) is 0 Å². The fourth-order valence-electron chi connectivity index (χ4n) is 2.73. The van der Waals surface area contributed by atoms with Crippen LogP contribution >= 0.6 is 23.4 Å². The summed E-state index contributed by atoms with van der Waals surface area (Å²) in [5.41, 5.74) is 0.452. The third kappa shape index (κ3) is 4.42. The second-order valence-corrected chi connectivity index (χ2v) is 7.51. The molecular formula is C18H17ClN4O4S. The van der Waals surface area contributed by atoms with Crippen molar-refractivity contribution >= 4 is 40.4 Å². The molecule has 28 heavy (non-hydrogen) atoms. The average molecular weight is 421 g/mol. The van der Waals surface area contributed by atoms with Gasteiger partial charge in [0, 0.05) is 41.4 Å². The zero-order valence-corrected chi connectivity index (χ0v) is 16.5. The van der Waals surface area contributed by atoms with Crippen LogP contribution in [-0.2, 0) is 11.2 Å². The zero-order valence-electron chi connectivity index (χ0n) is 14.9. The molecule has 3 amide bonds. The molecule has 2 heterocycles. The van der Waals surface area contributed by atoms with Gasteiger partial charge in [-0.25, -0.2) is 4.79 Å². The van der Waals surface area contributed by atoms with Crippen LogP contribution in [0.15, 0.2) is 46.6 Å². The highest BCUT2D eigenvalue weighted by Crippen LogP contribution is 2.25. The fourth-order valence-corrected chi connectivity index (χ4v) is 3.49. The van der Waals surface area contributed by atoms with Gasteiger partial charge in [0.2, 0.25) is 16.9 Å². The number of aromatic nitrogens is 2. The van der Waals surface area contributed by atoms with E-state index in [4.69, 9.17) is 16.0 Å². The molecule has 1 aromatic carbocycles. The number of benzene rings is 1. The maximum atomic E-state index is 12.6. The number of rotatable bonds is 6. The van der Waals surface area contributed by atoms with Crippen LogP contribution < -0.4 is 5.32 Å².